The van der Waals surface area contributed by atoms with E-state index in [1.54, 1.807) is 0 Å². The van der Waals surface area contributed by atoms with Crippen LogP contribution in [0.5, 0.6) is 0 Å². The smallest absolute Gasteiger partial charge is 0.169 e. The maximum atomic E-state index is 5.05. The van der Waals surface area contributed by atoms with Crippen molar-refractivity contribution >= 4 is 17.3 Å². The lowest BCUT2D eigenvalue weighted by molar-refractivity contribution is 0.705. The van der Waals surface area contributed by atoms with E-state index in [4.69, 9.17) is 12.2 Å². The summed E-state index contributed by atoms with van der Waals surface area (Å²) in [5.74, 6) is 1.53. The minimum atomic E-state index is 0.337. The van der Waals surface area contributed by atoms with Crippen LogP contribution < -0.4 is 10.6 Å². The molecule has 0 amide bonds. The van der Waals surface area contributed by atoms with E-state index < -0.39 is 0 Å². The summed E-state index contributed by atoms with van der Waals surface area (Å²) in [6, 6.07) is 0.337. The fourth-order valence-corrected chi connectivity index (χ4v) is 1.25. The lowest BCUT2D eigenvalue weighted by Crippen LogP contribution is -2.38. The highest BCUT2D eigenvalue weighted by Crippen LogP contribution is 1.89. The quantitative estimate of drug-likeness (QED) is 0.638. The van der Waals surface area contributed by atoms with E-state index in [2.05, 4.69) is 25.8 Å². The average molecular weight is 213 g/mol. The molecule has 1 heterocycles. The van der Waals surface area contributed by atoms with Gasteiger partial charge in [-0.25, -0.2) is 4.98 Å². The first kappa shape index (κ1) is 10.9. The predicted molar refractivity (Wildman–Crippen MR) is 58.8 cm³/mol. The monoisotopic (exact) mass is 213 g/mol. The fraction of sp³-hybridized carbons (Fsp3) is 0.625. The van der Waals surface area contributed by atoms with Gasteiger partial charge in [-0.3, -0.25) is 5.10 Å². The second kappa shape index (κ2) is 4.90. The maximum absolute atomic E-state index is 5.05. The van der Waals surface area contributed by atoms with Gasteiger partial charge in [-0.05, 0) is 33.0 Å². The van der Waals surface area contributed by atoms with Crippen LogP contribution in [0.3, 0.4) is 0 Å². The Bertz CT molecular complexity index is 306. The highest BCUT2D eigenvalue weighted by Gasteiger charge is 2.01. The Morgan fingerprint density at radius 2 is 2.29 bits per heavy atom. The summed E-state index contributed by atoms with van der Waals surface area (Å²) < 4.78 is 0. The minimum absolute atomic E-state index is 0.337. The van der Waals surface area contributed by atoms with Gasteiger partial charge in [0.2, 0.25) is 0 Å². The topological polar surface area (TPSA) is 65.6 Å². The first-order valence-electron chi connectivity index (χ1n) is 4.50. The van der Waals surface area contributed by atoms with E-state index in [-0.39, 0.29) is 0 Å². The Labute approximate surface area is 88.7 Å². The molecule has 0 bridgehead atoms. The van der Waals surface area contributed by atoms with Crippen molar-refractivity contribution in [2.75, 3.05) is 0 Å². The first-order valence-corrected chi connectivity index (χ1v) is 4.91. The highest BCUT2D eigenvalue weighted by molar-refractivity contribution is 7.80. The number of aromatic amines is 1. The van der Waals surface area contributed by atoms with E-state index in [0.29, 0.717) is 17.7 Å². The number of nitrogens with zero attached hydrogens (tertiary/aromatic N) is 2. The van der Waals surface area contributed by atoms with Crippen LogP contribution in [0, 0.1) is 6.92 Å². The Balaban J connectivity index is 2.30. The van der Waals surface area contributed by atoms with Gasteiger partial charge < -0.3 is 10.6 Å². The number of hydrogen-bond acceptors (Lipinski definition) is 3. The number of hydrogen-bond donors (Lipinski definition) is 3. The zero-order valence-electron chi connectivity index (χ0n) is 8.59. The third-order valence-corrected chi connectivity index (χ3v) is 1.73. The molecule has 0 aliphatic carbocycles. The van der Waals surface area contributed by atoms with Gasteiger partial charge in [0.1, 0.15) is 5.82 Å². The van der Waals surface area contributed by atoms with E-state index >= 15 is 0 Å². The molecule has 0 aliphatic rings. The van der Waals surface area contributed by atoms with E-state index in [9.17, 15) is 0 Å². The molecule has 14 heavy (non-hydrogen) atoms. The van der Waals surface area contributed by atoms with Gasteiger partial charge in [0.25, 0.3) is 0 Å². The summed E-state index contributed by atoms with van der Waals surface area (Å²) in [6.45, 7) is 6.47. The predicted octanol–water partition coefficient (Wildman–Crippen LogP) is 0.486. The van der Waals surface area contributed by atoms with Gasteiger partial charge >= 0.3 is 0 Å². The normalized spacial score (nSPS) is 10.3. The molecule has 1 rings (SSSR count). The van der Waals surface area contributed by atoms with Crippen molar-refractivity contribution in [2.24, 2.45) is 0 Å². The minimum Gasteiger partial charge on any atom is -0.361 e. The van der Waals surface area contributed by atoms with Crippen molar-refractivity contribution in [1.29, 1.82) is 0 Å². The molecule has 1 aromatic heterocycles. The maximum Gasteiger partial charge on any atom is 0.169 e. The number of rotatable bonds is 3. The van der Waals surface area contributed by atoms with Gasteiger partial charge in [0.15, 0.2) is 10.9 Å². The molecule has 0 unspecified atom stereocenters. The SMILES string of the molecule is Cc1nc(CNC(=S)NC(C)C)n[nH]1. The summed E-state index contributed by atoms with van der Waals surface area (Å²) in [5.41, 5.74) is 0. The van der Waals surface area contributed by atoms with Crippen LogP contribution in [0.2, 0.25) is 0 Å². The van der Waals surface area contributed by atoms with Crippen LogP contribution in [0.25, 0.3) is 0 Å². The van der Waals surface area contributed by atoms with Crippen molar-refractivity contribution in [3.63, 3.8) is 0 Å². The van der Waals surface area contributed by atoms with Crippen molar-refractivity contribution in [3.8, 4) is 0 Å². The molecule has 0 spiro atoms. The molecule has 0 saturated carbocycles. The van der Waals surface area contributed by atoms with Crippen LogP contribution in [-0.4, -0.2) is 26.3 Å². The summed E-state index contributed by atoms with van der Waals surface area (Å²) in [7, 11) is 0. The number of nitrogens with one attached hydrogen (secondary N) is 3. The van der Waals surface area contributed by atoms with Crippen molar-refractivity contribution in [3.05, 3.63) is 11.6 Å². The standard InChI is InChI=1S/C8H15N5S/c1-5(2)10-8(14)9-4-7-11-6(3)12-13-7/h5H,4H2,1-3H3,(H2,9,10,14)(H,11,12,13). The average Bonchev–Trinajstić information content (AvgIpc) is 2.47. The number of thiocarbonyl (C=S) groups is 1. The zero-order valence-corrected chi connectivity index (χ0v) is 9.40. The first-order chi connectivity index (χ1) is 6.58. The molecule has 0 saturated heterocycles. The van der Waals surface area contributed by atoms with Crippen molar-refractivity contribution in [2.45, 2.75) is 33.4 Å². The van der Waals surface area contributed by atoms with Gasteiger partial charge in [-0.2, -0.15) is 5.10 Å². The molecule has 0 radical (unpaired) electrons. The highest BCUT2D eigenvalue weighted by atomic mass is 32.1. The van der Waals surface area contributed by atoms with Gasteiger partial charge in [-0.15, -0.1) is 0 Å². The molecule has 3 N–H and O–H groups in total. The third-order valence-electron chi connectivity index (χ3n) is 1.47. The fourth-order valence-electron chi connectivity index (χ4n) is 0.941. The van der Waals surface area contributed by atoms with E-state index in [1.165, 1.54) is 0 Å². The Hall–Kier alpha value is -1.17. The molecular weight excluding hydrogens is 198 g/mol. The van der Waals surface area contributed by atoms with Crippen molar-refractivity contribution < 1.29 is 0 Å². The lowest BCUT2D eigenvalue weighted by atomic mass is 10.4. The number of aryl methyl sites for hydroxylation is 1. The molecule has 0 aliphatic heterocycles. The summed E-state index contributed by atoms with van der Waals surface area (Å²) >= 11 is 5.05. The molecule has 78 valence electrons. The largest absolute Gasteiger partial charge is 0.361 e. The molecule has 6 heteroatoms. The van der Waals surface area contributed by atoms with Gasteiger partial charge in [0, 0.05) is 6.04 Å². The Morgan fingerprint density at radius 1 is 1.57 bits per heavy atom. The molecule has 5 nitrogen and oxygen atoms in total. The van der Waals surface area contributed by atoms with Gasteiger partial charge in [0.05, 0.1) is 6.54 Å². The Morgan fingerprint density at radius 3 is 2.79 bits per heavy atom. The summed E-state index contributed by atoms with van der Waals surface area (Å²) in [4.78, 5) is 4.15. The van der Waals surface area contributed by atoms with Crippen LogP contribution >= 0.6 is 12.2 Å². The molecule has 0 fully saturated rings. The number of aromatic nitrogens is 3. The Kier molecular flexibility index (Phi) is 3.82. The van der Waals surface area contributed by atoms with Crippen molar-refractivity contribution in [1.82, 2.24) is 25.8 Å². The second-order valence-corrected chi connectivity index (χ2v) is 3.73. The molecule has 0 aromatic carbocycles. The number of H-pyrrole nitrogens is 1. The molecule has 1 aromatic rings. The van der Waals surface area contributed by atoms with Crippen LogP contribution in [0.15, 0.2) is 0 Å². The van der Waals surface area contributed by atoms with E-state index in [1.807, 2.05) is 20.8 Å². The van der Waals surface area contributed by atoms with Crippen LogP contribution in [0.1, 0.15) is 25.5 Å². The lowest BCUT2D eigenvalue weighted by Gasteiger charge is -2.11. The van der Waals surface area contributed by atoms with E-state index in [0.717, 1.165) is 11.6 Å². The third kappa shape index (κ3) is 3.69. The molecule has 0 atom stereocenters. The molecular formula is C8H15N5S. The van der Waals surface area contributed by atoms with Crippen LogP contribution in [0.4, 0.5) is 0 Å². The van der Waals surface area contributed by atoms with Crippen LogP contribution in [-0.2, 0) is 6.54 Å². The summed E-state index contributed by atoms with van der Waals surface area (Å²) in [5, 5.41) is 13.5. The zero-order chi connectivity index (χ0) is 10.6. The van der Waals surface area contributed by atoms with Gasteiger partial charge in [-0.1, -0.05) is 0 Å². The summed E-state index contributed by atoms with van der Waals surface area (Å²) in [6.07, 6.45) is 0. The second-order valence-electron chi connectivity index (χ2n) is 3.32.